The predicted molar refractivity (Wildman–Crippen MR) is 69.0 cm³/mol. The highest BCUT2D eigenvalue weighted by Crippen LogP contribution is 2.37. The molecule has 1 atom stereocenters. The van der Waals surface area contributed by atoms with Gasteiger partial charge < -0.3 is 10.4 Å². The van der Waals surface area contributed by atoms with Crippen molar-refractivity contribution in [3.8, 4) is 0 Å². The van der Waals surface area contributed by atoms with E-state index in [0.29, 0.717) is 12.6 Å². The van der Waals surface area contributed by atoms with Crippen LogP contribution in [0.2, 0.25) is 0 Å². The molecule has 3 fully saturated rings. The van der Waals surface area contributed by atoms with Gasteiger partial charge in [0, 0.05) is 43.7 Å². The van der Waals surface area contributed by atoms with E-state index in [0.717, 1.165) is 12.6 Å². The lowest BCUT2D eigenvalue weighted by Crippen LogP contribution is -2.41. The second kappa shape index (κ2) is 4.87. The standard InChI is InChI=1S/C14H26N2O/c17-11-14(6-1-2-7-14)10-15-12-5-8-16(9-12)13-3-4-13/h12-13,15,17H,1-11H2. The van der Waals surface area contributed by atoms with Crippen molar-refractivity contribution in [2.75, 3.05) is 26.2 Å². The van der Waals surface area contributed by atoms with Crippen LogP contribution in [0.25, 0.3) is 0 Å². The zero-order valence-electron chi connectivity index (χ0n) is 10.8. The first-order chi connectivity index (χ1) is 8.31. The van der Waals surface area contributed by atoms with E-state index in [1.807, 2.05) is 0 Å². The average Bonchev–Trinajstić information content (AvgIpc) is 2.94. The summed E-state index contributed by atoms with van der Waals surface area (Å²) in [4.78, 5) is 2.65. The summed E-state index contributed by atoms with van der Waals surface area (Å²) in [5.74, 6) is 0. The molecule has 3 rings (SSSR count). The molecule has 0 radical (unpaired) electrons. The van der Waals surface area contributed by atoms with Crippen LogP contribution in [0.4, 0.5) is 0 Å². The van der Waals surface area contributed by atoms with Crippen LogP contribution in [0, 0.1) is 5.41 Å². The summed E-state index contributed by atoms with van der Waals surface area (Å²) in [5, 5.41) is 13.3. The molecule has 0 bridgehead atoms. The second-order valence-electron chi connectivity index (χ2n) is 6.46. The summed E-state index contributed by atoms with van der Waals surface area (Å²) in [6, 6.07) is 1.60. The molecule has 1 saturated heterocycles. The Morgan fingerprint density at radius 1 is 1.18 bits per heavy atom. The van der Waals surface area contributed by atoms with Crippen LogP contribution >= 0.6 is 0 Å². The number of aliphatic hydroxyl groups excluding tert-OH is 1. The molecular weight excluding hydrogens is 212 g/mol. The van der Waals surface area contributed by atoms with Gasteiger partial charge in [-0.25, -0.2) is 0 Å². The molecule has 0 spiro atoms. The van der Waals surface area contributed by atoms with Gasteiger partial charge in [-0.3, -0.25) is 4.90 Å². The van der Waals surface area contributed by atoms with Crippen molar-refractivity contribution in [3.63, 3.8) is 0 Å². The zero-order valence-corrected chi connectivity index (χ0v) is 10.8. The molecule has 3 nitrogen and oxygen atoms in total. The van der Waals surface area contributed by atoms with E-state index < -0.39 is 0 Å². The molecule has 17 heavy (non-hydrogen) atoms. The van der Waals surface area contributed by atoms with Crippen molar-refractivity contribution in [1.29, 1.82) is 0 Å². The van der Waals surface area contributed by atoms with Crippen LogP contribution in [0.15, 0.2) is 0 Å². The molecule has 3 heteroatoms. The Morgan fingerprint density at radius 3 is 2.59 bits per heavy atom. The van der Waals surface area contributed by atoms with Crippen LogP contribution in [-0.4, -0.2) is 48.3 Å². The molecule has 2 N–H and O–H groups in total. The van der Waals surface area contributed by atoms with E-state index >= 15 is 0 Å². The normalized spacial score (nSPS) is 33.4. The van der Waals surface area contributed by atoms with Gasteiger partial charge in [-0.1, -0.05) is 12.8 Å². The molecule has 3 aliphatic rings. The first-order valence-electron chi connectivity index (χ1n) is 7.40. The minimum atomic E-state index is 0.215. The van der Waals surface area contributed by atoms with Crippen LogP contribution in [0.3, 0.4) is 0 Å². The summed E-state index contributed by atoms with van der Waals surface area (Å²) in [6.45, 7) is 3.94. The third-order valence-electron chi connectivity index (χ3n) is 5.05. The Kier molecular flexibility index (Phi) is 3.42. The summed E-state index contributed by atoms with van der Waals surface area (Å²) < 4.78 is 0. The van der Waals surface area contributed by atoms with Gasteiger partial charge in [0.05, 0.1) is 0 Å². The predicted octanol–water partition coefficient (Wildman–Crippen LogP) is 1.37. The van der Waals surface area contributed by atoms with Crippen LogP contribution in [0.5, 0.6) is 0 Å². The Labute approximate surface area is 105 Å². The van der Waals surface area contributed by atoms with Gasteiger partial charge in [0.2, 0.25) is 0 Å². The monoisotopic (exact) mass is 238 g/mol. The quantitative estimate of drug-likeness (QED) is 0.759. The van der Waals surface area contributed by atoms with E-state index in [1.54, 1.807) is 0 Å². The first-order valence-corrected chi connectivity index (χ1v) is 7.40. The van der Waals surface area contributed by atoms with E-state index in [-0.39, 0.29) is 5.41 Å². The third-order valence-corrected chi connectivity index (χ3v) is 5.05. The molecule has 2 aliphatic carbocycles. The van der Waals surface area contributed by atoms with Crippen molar-refractivity contribution < 1.29 is 5.11 Å². The second-order valence-corrected chi connectivity index (χ2v) is 6.46. The molecule has 2 saturated carbocycles. The molecular formula is C14H26N2O. The molecule has 0 aromatic heterocycles. The van der Waals surface area contributed by atoms with Gasteiger partial charge >= 0.3 is 0 Å². The van der Waals surface area contributed by atoms with Crippen molar-refractivity contribution in [2.45, 2.75) is 57.0 Å². The smallest absolute Gasteiger partial charge is 0.0499 e. The van der Waals surface area contributed by atoms with Gasteiger partial charge in [0.15, 0.2) is 0 Å². The fourth-order valence-electron chi connectivity index (χ4n) is 3.60. The summed E-state index contributed by atoms with van der Waals surface area (Å²) in [6.07, 6.45) is 9.20. The van der Waals surface area contributed by atoms with E-state index in [2.05, 4.69) is 10.2 Å². The van der Waals surface area contributed by atoms with Gasteiger partial charge in [-0.2, -0.15) is 0 Å². The van der Waals surface area contributed by atoms with Crippen molar-refractivity contribution in [1.82, 2.24) is 10.2 Å². The summed E-state index contributed by atoms with van der Waals surface area (Å²) in [7, 11) is 0. The number of nitrogens with zero attached hydrogens (tertiary/aromatic N) is 1. The number of likely N-dealkylation sites (tertiary alicyclic amines) is 1. The van der Waals surface area contributed by atoms with Crippen LogP contribution in [-0.2, 0) is 0 Å². The number of nitrogens with one attached hydrogen (secondary N) is 1. The summed E-state index contributed by atoms with van der Waals surface area (Å²) in [5.41, 5.74) is 0.215. The zero-order chi connectivity index (χ0) is 11.7. The minimum Gasteiger partial charge on any atom is -0.396 e. The van der Waals surface area contributed by atoms with Gasteiger partial charge in [0.1, 0.15) is 0 Å². The van der Waals surface area contributed by atoms with Gasteiger partial charge in [-0.15, -0.1) is 0 Å². The number of aliphatic hydroxyl groups is 1. The largest absolute Gasteiger partial charge is 0.396 e. The number of hydrogen-bond donors (Lipinski definition) is 2. The molecule has 1 heterocycles. The molecule has 0 amide bonds. The summed E-state index contributed by atoms with van der Waals surface area (Å²) >= 11 is 0. The maximum atomic E-state index is 9.59. The lowest BCUT2D eigenvalue weighted by atomic mass is 9.87. The number of rotatable bonds is 5. The van der Waals surface area contributed by atoms with Crippen molar-refractivity contribution >= 4 is 0 Å². The fraction of sp³-hybridized carbons (Fsp3) is 1.00. The Balaban J connectivity index is 1.44. The molecule has 0 aromatic rings. The average molecular weight is 238 g/mol. The lowest BCUT2D eigenvalue weighted by molar-refractivity contribution is 0.124. The van der Waals surface area contributed by atoms with Crippen LogP contribution in [0.1, 0.15) is 44.9 Å². The van der Waals surface area contributed by atoms with E-state index in [1.165, 1.54) is 58.0 Å². The van der Waals surface area contributed by atoms with Gasteiger partial charge in [-0.05, 0) is 32.1 Å². The maximum absolute atomic E-state index is 9.59. The van der Waals surface area contributed by atoms with Crippen LogP contribution < -0.4 is 5.32 Å². The Morgan fingerprint density at radius 2 is 1.94 bits per heavy atom. The highest BCUT2D eigenvalue weighted by Gasteiger charge is 2.37. The third kappa shape index (κ3) is 2.67. The Hall–Kier alpha value is -0.120. The van der Waals surface area contributed by atoms with Crippen molar-refractivity contribution in [3.05, 3.63) is 0 Å². The number of hydrogen-bond acceptors (Lipinski definition) is 3. The Bertz CT molecular complexity index is 259. The van der Waals surface area contributed by atoms with E-state index in [9.17, 15) is 5.11 Å². The molecule has 1 unspecified atom stereocenters. The van der Waals surface area contributed by atoms with E-state index in [4.69, 9.17) is 0 Å². The fourth-order valence-corrected chi connectivity index (χ4v) is 3.60. The lowest BCUT2D eigenvalue weighted by Gasteiger charge is -2.28. The molecule has 98 valence electrons. The molecule has 1 aliphatic heterocycles. The highest BCUT2D eigenvalue weighted by molar-refractivity contribution is 4.93. The SMILES string of the molecule is OCC1(CNC2CCN(C3CC3)C2)CCCC1. The minimum absolute atomic E-state index is 0.215. The van der Waals surface area contributed by atoms with Crippen molar-refractivity contribution in [2.24, 2.45) is 5.41 Å². The van der Waals surface area contributed by atoms with Gasteiger partial charge in [0.25, 0.3) is 0 Å². The maximum Gasteiger partial charge on any atom is 0.0499 e. The topological polar surface area (TPSA) is 35.5 Å². The first kappa shape index (κ1) is 11.9. The highest BCUT2D eigenvalue weighted by atomic mass is 16.3. The molecule has 0 aromatic carbocycles.